The highest BCUT2D eigenvalue weighted by atomic mass is 16.1. The minimum atomic E-state index is -0.348. The average Bonchev–Trinajstić information content (AvgIpc) is 3.04. The lowest BCUT2D eigenvalue weighted by molar-refractivity contribution is 0.1000. The van der Waals surface area contributed by atoms with Crippen molar-refractivity contribution in [3.8, 4) is 0 Å². The molecule has 1 aliphatic heterocycles. The van der Waals surface area contributed by atoms with E-state index in [9.17, 15) is 4.79 Å². The van der Waals surface area contributed by atoms with Crippen LogP contribution in [0.15, 0.2) is 24.3 Å². The third kappa shape index (κ3) is 1.11. The van der Waals surface area contributed by atoms with Crippen LogP contribution in [-0.2, 0) is 6.42 Å². The average molecular weight is 238 g/mol. The highest BCUT2D eigenvalue weighted by Gasteiger charge is 2.48. The lowest BCUT2D eigenvalue weighted by atomic mass is 9.82. The van der Waals surface area contributed by atoms with Gasteiger partial charge in [-0.15, -0.1) is 0 Å². The van der Waals surface area contributed by atoms with Crippen molar-refractivity contribution in [2.24, 2.45) is 5.73 Å². The van der Waals surface area contributed by atoms with E-state index in [-0.39, 0.29) is 5.91 Å². The van der Waals surface area contributed by atoms with Crippen LogP contribution in [0.4, 0.5) is 0 Å². The number of H-pyrrole nitrogens is 1. The summed E-state index contributed by atoms with van der Waals surface area (Å²) in [6, 6.07) is 7.76. The van der Waals surface area contributed by atoms with Crippen molar-refractivity contribution < 1.29 is 4.79 Å². The molecular weight excluding hydrogens is 224 g/mol. The molecule has 0 saturated carbocycles. The van der Waals surface area contributed by atoms with Gasteiger partial charge < -0.3 is 10.7 Å². The molecule has 2 aliphatic carbocycles. The summed E-state index contributed by atoms with van der Waals surface area (Å²) in [5.74, 6) is 0.707. The third-order valence-electron chi connectivity index (χ3n) is 4.40. The number of fused-ring (bicyclic) bond motifs is 1. The second-order valence-corrected chi connectivity index (χ2v) is 5.33. The summed E-state index contributed by atoms with van der Waals surface area (Å²) in [4.78, 5) is 14.7. The first-order valence-corrected chi connectivity index (χ1v) is 6.28. The van der Waals surface area contributed by atoms with E-state index in [1.165, 1.54) is 28.1 Å². The molecule has 5 rings (SSSR count). The third-order valence-corrected chi connectivity index (χ3v) is 4.40. The van der Waals surface area contributed by atoms with Gasteiger partial charge in [-0.2, -0.15) is 0 Å². The molecular formula is C15H14N2O. The summed E-state index contributed by atoms with van der Waals surface area (Å²) >= 11 is 0. The van der Waals surface area contributed by atoms with Crippen molar-refractivity contribution in [2.45, 2.75) is 25.2 Å². The monoisotopic (exact) mass is 238 g/mol. The molecule has 3 nitrogen and oxygen atoms in total. The summed E-state index contributed by atoms with van der Waals surface area (Å²) in [5, 5.41) is 0. The van der Waals surface area contributed by atoms with Crippen molar-refractivity contribution in [1.29, 1.82) is 0 Å². The van der Waals surface area contributed by atoms with E-state index in [0.717, 1.165) is 6.42 Å². The molecule has 3 aliphatic rings. The van der Waals surface area contributed by atoms with Gasteiger partial charge in [0.15, 0.2) is 0 Å². The van der Waals surface area contributed by atoms with Gasteiger partial charge in [0.25, 0.3) is 0 Å². The van der Waals surface area contributed by atoms with Crippen LogP contribution in [-0.4, -0.2) is 10.9 Å². The number of aromatic amines is 1. The van der Waals surface area contributed by atoms with Crippen molar-refractivity contribution in [3.05, 3.63) is 57.9 Å². The number of amides is 1. The maximum atomic E-state index is 11.2. The number of carbonyl (C=O) groups is 1. The van der Waals surface area contributed by atoms with Crippen LogP contribution in [0.2, 0.25) is 0 Å². The van der Waals surface area contributed by atoms with Crippen LogP contribution in [0.25, 0.3) is 0 Å². The molecule has 2 atom stereocenters. The van der Waals surface area contributed by atoms with Crippen molar-refractivity contribution in [1.82, 2.24) is 4.98 Å². The zero-order valence-electron chi connectivity index (χ0n) is 10.2. The maximum Gasteiger partial charge on any atom is 0.248 e. The van der Waals surface area contributed by atoms with Crippen molar-refractivity contribution in [3.63, 3.8) is 0 Å². The Hall–Kier alpha value is -2.03. The van der Waals surface area contributed by atoms with E-state index < -0.39 is 0 Å². The molecule has 2 aromatic rings. The maximum absolute atomic E-state index is 11.2. The van der Waals surface area contributed by atoms with Gasteiger partial charge in [-0.1, -0.05) is 12.1 Å². The van der Waals surface area contributed by atoms with Gasteiger partial charge in [0.05, 0.1) is 0 Å². The summed E-state index contributed by atoms with van der Waals surface area (Å²) in [5.41, 5.74) is 12.9. The van der Waals surface area contributed by atoms with Crippen LogP contribution in [0.1, 0.15) is 50.3 Å². The van der Waals surface area contributed by atoms with E-state index in [2.05, 4.69) is 18.0 Å². The van der Waals surface area contributed by atoms with Gasteiger partial charge in [-0.3, -0.25) is 4.79 Å². The van der Waals surface area contributed by atoms with Gasteiger partial charge in [0.2, 0.25) is 5.91 Å². The summed E-state index contributed by atoms with van der Waals surface area (Å²) in [7, 11) is 0. The normalized spacial score (nSPS) is 22.9. The topological polar surface area (TPSA) is 58.9 Å². The van der Waals surface area contributed by atoms with Gasteiger partial charge in [-0.25, -0.2) is 0 Å². The van der Waals surface area contributed by atoms with Crippen molar-refractivity contribution >= 4 is 5.91 Å². The lowest BCUT2D eigenvalue weighted by Gasteiger charge is -2.24. The summed E-state index contributed by atoms with van der Waals surface area (Å²) in [6.45, 7) is 2.20. The molecule has 0 fully saturated rings. The Morgan fingerprint density at radius 2 is 2.28 bits per heavy atom. The number of primary amides is 1. The smallest absolute Gasteiger partial charge is 0.248 e. The number of aromatic nitrogens is 1. The summed E-state index contributed by atoms with van der Waals surface area (Å²) in [6.07, 6.45) is 1.05. The van der Waals surface area contributed by atoms with E-state index in [1.807, 2.05) is 12.1 Å². The number of nitrogens with one attached hydrogen (secondary N) is 1. The predicted octanol–water partition coefficient (Wildman–Crippen LogP) is 2.21. The Morgan fingerprint density at radius 3 is 2.89 bits per heavy atom. The van der Waals surface area contributed by atoms with Crippen molar-refractivity contribution in [2.75, 3.05) is 0 Å². The number of nitrogens with two attached hydrogens (primary N) is 1. The molecule has 1 amide bonds. The molecule has 1 aromatic carbocycles. The molecule has 18 heavy (non-hydrogen) atoms. The van der Waals surface area contributed by atoms with Crippen LogP contribution in [0.3, 0.4) is 0 Å². The SMILES string of the molecule is Cc1c2[nH]c3c1C3[C@@H](c1cccc(C(N)=O)c1)C2. The largest absolute Gasteiger partial charge is 0.366 e. The first-order chi connectivity index (χ1) is 8.66. The molecule has 0 spiro atoms. The highest BCUT2D eigenvalue weighted by molar-refractivity contribution is 5.93. The quantitative estimate of drug-likeness (QED) is 0.828. The molecule has 1 aromatic heterocycles. The standard InChI is InChI=1S/C15H14N2O/c1-7-11-6-10(13-12(7)14(13)17-11)8-3-2-4-9(5-8)15(16)18/h2-5,10,13,17H,6H2,1H3,(H2,16,18)/t10-,13?/m1/s1. The molecule has 90 valence electrons. The lowest BCUT2D eigenvalue weighted by Crippen LogP contribution is -2.16. The van der Waals surface area contributed by atoms with E-state index in [0.29, 0.717) is 17.4 Å². The fourth-order valence-electron chi connectivity index (χ4n) is 3.42. The Morgan fingerprint density at radius 1 is 1.44 bits per heavy atom. The number of rotatable bonds is 2. The van der Waals surface area contributed by atoms with Gasteiger partial charge in [0, 0.05) is 28.8 Å². The zero-order valence-corrected chi connectivity index (χ0v) is 10.2. The molecule has 0 radical (unpaired) electrons. The minimum Gasteiger partial charge on any atom is -0.366 e. The molecule has 1 unspecified atom stereocenters. The van der Waals surface area contributed by atoms with Crippen LogP contribution in [0, 0.1) is 6.92 Å². The first-order valence-electron chi connectivity index (χ1n) is 6.28. The highest BCUT2D eigenvalue weighted by Crippen LogP contribution is 2.59. The fraction of sp³-hybridized carbons (Fsp3) is 0.267. The Bertz CT molecular complexity index is 680. The number of benzene rings is 1. The van der Waals surface area contributed by atoms with E-state index >= 15 is 0 Å². The Balaban J connectivity index is 1.73. The van der Waals surface area contributed by atoms with Gasteiger partial charge >= 0.3 is 0 Å². The first kappa shape index (κ1) is 9.95. The molecule has 3 heteroatoms. The molecule has 4 bridgehead atoms. The van der Waals surface area contributed by atoms with Crippen LogP contribution >= 0.6 is 0 Å². The zero-order chi connectivity index (χ0) is 12.4. The second-order valence-electron chi connectivity index (χ2n) is 5.33. The fourth-order valence-corrected chi connectivity index (χ4v) is 3.42. The van der Waals surface area contributed by atoms with Crippen LogP contribution < -0.4 is 5.73 Å². The molecule has 0 saturated heterocycles. The Kier molecular flexibility index (Phi) is 1.68. The second kappa shape index (κ2) is 3.05. The number of hydrogen-bond acceptors (Lipinski definition) is 1. The number of hydrogen-bond donors (Lipinski definition) is 2. The van der Waals surface area contributed by atoms with Gasteiger partial charge in [-0.05, 0) is 42.2 Å². The minimum absolute atomic E-state index is 0.348. The van der Waals surface area contributed by atoms with E-state index in [4.69, 9.17) is 5.73 Å². The molecule has 2 heterocycles. The van der Waals surface area contributed by atoms with Crippen LogP contribution in [0.5, 0.6) is 0 Å². The predicted molar refractivity (Wildman–Crippen MR) is 68.8 cm³/mol. The number of carbonyl (C=O) groups excluding carboxylic acids is 1. The Labute approximate surface area is 105 Å². The van der Waals surface area contributed by atoms with Gasteiger partial charge in [0.1, 0.15) is 0 Å². The molecule has 3 N–H and O–H groups in total. The van der Waals surface area contributed by atoms with E-state index in [1.54, 1.807) is 6.07 Å². The summed E-state index contributed by atoms with van der Waals surface area (Å²) < 4.78 is 0.